The number of hydrogen-bond donors (Lipinski definition) is 0. The number of benzene rings is 1. The predicted octanol–water partition coefficient (Wildman–Crippen LogP) is 3.13. The number of esters is 1. The molecule has 1 aromatic carbocycles. The lowest BCUT2D eigenvalue weighted by Gasteiger charge is -2.29. The lowest BCUT2D eigenvalue weighted by Crippen LogP contribution is -2.18. The van der Waals surface area contributed by atoms with E-state index in [1.165, 1.54) is 11.1 Å². The Morgan fingerprint density at radius 3 is 2.71 bits per heavy atom. The molecular weight excluding hydrogens is 212 g/mol. The van der Waals surface area contributed by atoms with E-state index in [1.807, 2.05) is 13.0 Å². The third kappa shape index (κ3) is 3.45. The lowest BCUT2D eigenvalue weighted by molar-refractivity contribution is -0.137. The molecule has 1 aliphatic rings. The summed E-state index contributed by atoms with van der Waals surface area (Å²) in [6.45, 7) is 2.28. The van der Waals surface area contributed by atoms with Gasteiger partial charge in [0.1, 0.15) is 0 Å². The Kier molecular flexibility index (Phi) is 3.97. The number of allylic oxidation sites excluding steroid dienone is 1. The predicted molar refractivity (Wildman–Crippen MR) is 67.6 cm³/mol. The van der Waals surface area contributed by atoms with Crippen molar-refractivity contribution < 1.29 is 9.53 Å². The van der Waals surface area contributed by atoms with Gasteiger partial charge in [0, 0.05) is 6.08 Å². The Hall–Kier alpha value is -1.57. The minimum atomic E-state index is -0.194. The Morgan fingerprint density at radius 2 is 2.06 bits per heavy atom. The largest absolute Gasteiger partial charge is 0.463 e. The van der Waals surface area contributed by atoms with Crippen molar-refractivity contribution in [3.8, 4) is 0 Å². The van der Waals surface area contributed by atoms with Crippen molar-refractivity contribution in [3.63, 3.8) is 0 Å². The molecule has 0 heterocycles. The van der Waals surface area contributed by atoms with Crippen molar-refractivity contribution in [1.29, 1.82) is 0 Å². The van der Waals surface area contributed by atoms with Gasteiger partial charge in [-0.3, -0.25) is 0 Å². The highest BCUT2D eigenvalue weighted by atomic mass is 16.5. The van der Waals surface area contributed by atoms with Crippen LogP contribution < -0.4 is 0 Å². The van der Waals surface area contributed by atoms with Crippen LogP contribution in [0.1, 0.15) is 25.3 Å². The smallest absolute Gasteiger partial charge is 0.330 e. The highest BCUT2D eigenvalue weighted by Crippen LogP contribution is 2.35. The number of carbonyl (C=O) groups excluding carboxylic acids is 1. The zero-order valence-electron chi connectivity index (χ0n) is 10.2. The quantitative estimate of drug-likeness (QED) is 0.586. The van der Waals surface area contributed by atoms with E-state index in [2.05, 4.69) is 24.3 Å². The average molecular weight is 230 g/mol. The van der Waals surface area contributed by atoms with E-state index in [-0.39, 0.29) is 5.97 Å². The third-order valence-electron chi connectivity index (χ3n) is 3.08. The summed E-state index contributed by atoms with van der Waals surface area (Å²) in [5.41, 5.74) is 2.61. The van der Waals surface area contributed by atoms with Gasteiger partial charge in [-0.15, -0.1) is 0 Å². The van der Waals surface area contributed by atoms with Gasteiger partial charge in [-0.05, 0) is 37.7 Å². The maximum absolute atomic E-state index is 11.2. The molecule has 0 unspecified atom stereocenters. The van der Waals surface area contributed by atoms with Crippen molar-refractivity contribution >= 4 is 5.97 Å². The van der Waals surface area contributed by atoms with E-state index in [0.29, 0.717) is 12.5 Å². The highest BCUT2D eigenvalue weighted by molar-refractivity contribution is 5.83. The van der Waals surface area contributed by atoms with Gasteiger partial charge in [0.05, 0.1) is 6.61 Å². The molecule has 2 rings (SSSR count). The van der Waals surface area contributed by atoms with Crippen molar-refractivity contribution in [2.75, 3.05) is 6.61 Å². The second-order valence-electron chi connectivity index (χ2n) is 4.52. The summed E-state index contributed by atoms with van der Waals surface area (Å²) in [6.07, 6.45) is 4.84. The lowest BCUT2D eigenvalue weighted by atomic mass is 9.76. The molecule has 0 N–H and O–H groups in total. The van der Waals surface area contributed by atoms with Crippen LogP contribution >= 0.6 is 0 Å². The summed E-state index contributed by atoms with van der Waals surface area (Å²) >= 11 is 0. The van der Waals surface area contributed by atoms with Crippen LogP contribution in [0, 0.1) is 5.92 Å². The number of ether oxygens (including phenoxy) is 1. The normalized spacial score (nSPS) is 18.4. The second kappa shape index (κ2) is 5.67. The van der Waals surface area contributed by atoms with Crippen molar-refractivity contribution in [2.24, 2.45) is 5.92 Å². The van der Waals surface area contributed by atoms with Crippen LogP contribution in [0.3, 0.4) is 0 Å². The van der Waals surface area contributed by atoms with E-state index < -0.39 is 0 Å². The summed E-state index contributed by atoms with van der Waals surface area (Å²) in [5, 5.41) is 0. The molecule has 1 aliphatic carbocycles. The molecule has 1 aromatic rings. The van der Waals surface area contributed by atoms with Gasteiger partial charge in [-0.25, -0.2) is 4.79 Å². The molecule has 0 spiro atoms. The summed E-state index contributed by atoms with van der Waals surface area (Å²) in [5.74, 6) is 0.499. The molecule has 0 radical (unpaired) electrons. The molecule has 0 saturated heterocycles. The molecular formula is C15H18O2. The molecule has 0 atom stereocenters. The first kappa shape index (κ1) is 11.9. The Morgan fingerprint density at radius 1 is 1.35 bits per heavy atom. The van der Waals surface area contributed by atoms with Crippen LogP contribution in [0.2, 0.25) is 0 Å². The van der Waals surface area contributed by atoms with Gasteiger partial charge in [0.15, 0.2) is 0 Å². The summed E-state index contributed by atoms with van der Waals surface area (Å²) in [4.78, 5) is 11.2. The topological polar surface area (TPSA) is 26.3 Å². The van der Waals surface area contributed by atoms with Crippen LogP contribution in [0.15, 0.2) is 42.0 Å². The molecule has 17 heavy (non-hydrogen) atoms. The number of carbonyl (C=O) groups is 1. The first-order valence-corrected chi connectivity index (χ1v) is 6.18. The van der Waals surface area contributed by atoms with Crippen LogP contribution in [-0.4, -0.2) is 12.6 Å². The Balaban J connectivity index is 1.78. The fourth-order valence-corrected chi connectivity index (χ4v) is 2.24. The highest BCUT2D eigenvalue weighted by Gasteiger charge is 2.23. The molecule has 1 fully saturated rings. The fraction of sp³-hybridized carbons (Fsp3) is 0.400. The standard InChI is InChI=1S/C15H18O2/c1-2-17-15(16)11-14-9-13(10-14)8-12-6-4-3-5-7-12/h3-7,11,13H,2,8-10H2,1H3. The van der Waals surface area contributed by atoms with Crippen molar-refractivity contribution in [3.05, 3.63) is 47.5 Å². The van der Waals surface area contributed by atoms with Crippen LogP contribution in [-0.2, 0) is 16.0 Å². The molecule has 90 valence electrons. The van der Waals surface area contributed by atoms with Gasteiger partial charge in [0.2, 0.25) is 0 Å². The number of rotatable bonds is 4. The Labute approximate surface area is 102 Å². The first-order chi connectivity index (χ1) is 8.28. The summed E-state index contributed by atoms with van der Waals surface area (Å²) in [6, 6.07) is 10.5. The van der Waals surface area contributed by atoms with Crippen molar-refractivity contribution in [1.82, 2.24) is 0 Å². The van der Waals surface area contributed by atoms with Gasteiger partial charge in [-0.1, -0.05) is 35.9 Å². The van der Waals surface area contributed by atoms with Gasteiger partial charge >= 0.3 is 5.97 Å². The first-order valence-electron chi connectivity index (χ1n) is 6.18. The maximum Gasteiger partial charge on any atom is 0.330 e. The zero-order chi connectivity index (χ0) is 12.1. The van der Waals surface area contributed by atoms with Gasteiger partial charge in [0.25, 0.3) is 0 Å². The second-order valence-corrected chi connectivity index (χ2v) is 4.52. The molecule has 0 bridgehead atoms. The average Bonchev–Trinajstić information content (AvgIpc) is 2.28. The zero-order valence-corrected chi connectivity index (χ0v) is 10.2. The SMILES string of the molecule is CCOC(=O)C=C1CC(Cc2ccccc2)C1. The number of hydrogen-bond acceptors (Lipinski definition) is 2. The summed E-state index contributed by atoms with van der Waals surface area (Å²) in [7, 11) is 0. The van der Waals surface area contributed by atoms with Crippen molar-refractivity contribution in [2.45, 2.75) is 26.2 Å². The van der Waals surface area contributed by atoms with Crippen LogP contribution in [0.25, 0.3) is 0 Å². The van der Waals surface area contributed by atoms with E-state index in [1.54, 1.807) is 6.08 Å². The van der Waals surface area contributed by atoms with Crippen LogP contribution in [0.5, 0.6) is 0 Å². The minimum Gasteiger partial charge on any atom is -0.463 e. The molecule has 1 saturated carbocycles. The third-order valence-corrected chi connectivity index (χ3v) is 3.08. The summed E-state index contributed by atoms with van der Waals surface area (Å²) < 4.78 is 4.89. The molecule has 0 aromatic heterocycles. The van der Waals surface area contributed by atoms with E-state index in [0.717, 1.165) is 19.3 Å². The van der Waals surface area contributed by atoms with E-state index >= 15 is 0 Å². The molecule has 0 amide bonds. The monoisotopic (exact) mass is 230 g/mol. The van der Waals surface area contributed by atoms with E-state index in [9.17, 15) is 4.79 Å². The van der Waals surface area contributed by atoms with Crippen LogP contribution in [0.4, 0.5) is 0 Å². The van der Waals surface area contributed by atoms with Gasteiger partial charge in [-0.2, -0.15) is 0 Å². The fourth-order valence-electron chi connectivity index (χ4n) is 2.24. The van der Waals surface area contributed by atoms with E-state index in [4.69, 9.17) is 4.74 Å². The maximum atomic E-state index is 11.2. The molecule has 2 heteroatoms. The Bertz CT molecular complexity index is 398. The molecule has 0 aliphatic heterocycles. The molecule has 2 nitrogen and oxygen atoms in total. The van der Waals surface area contributed by atoms with Gasteiger partial charge < -0.3 is 4.74 Å². The minimum absolute atomic E-state index is 0.194.